The Kier molecular flexibility index (Phi) is 4.35. The summed E-state index contributed by atoms with van der Waals surface area (Å²) in [7, 11) is 0. The predicted molar refractivity (Wildman–Crippen MR) is 72.4 cm³/mol. The van der Waals surface area contributed by atoms with Gasteiger partial charge in [-0.1, -0.05) is 24.3 Å². The molecule has 0 fully saturated rings. The van der Waals surface area contributed by atoms with Crippen molar-refractivity contribution < 1.29 is 8.78 Å². The summed E-state index contributed by atoms with van der Waals surface area (Å²) in [4.78, 5) is 4.37. The number of halogens is 2. The predicted octanol–water partition coefficient (Wildman–Crippen LogP) is 2.63. The van der Waals surface area contributed by atoms with E-state index >= 15 is 0 Å². The largest absolute Gasteiger partial charge is 0.356 e. The zero-order chi connectivity index (χ0) is 13.7. The molecule has 0 atom stereocenters. The first-order chi connectivity index (χ1) is 9.05. The van der Waals surface area contributed by atoms with Gasteiger partial charge in [-0.15, -0.1) is 0 Å². The van der Waals surface area contributed by atoms with Crippen LogP contribution in [0.25, 0.3) is 0 Å². The van der Waals surface area contributed by atoms with E-state index in [1.165, 1.54) is 12.1 Å². The van der Waals surface area contributed by atoms with Gasteiger partial charge in [-0.3, -0.25) is 4.99 Å². The summed E-state index contributed by atoms with van der Waals surface area (Å²) in [6.07, 6.45) is 2.22. The number of aliphatic imine (C=N–C) groups is 1. The topological polar surface area (TPSA) is 36.4 Å². The summed E-state index contributed by atoms with van der Waals surface area (Å²) in [5.41, 5.74) is 1.00. The molecule has 104 valence electrons. The van der Waals surface area contributed by atoms with Crippen molar-refractivity contribution in [3.63, 3.8) is 0 Å². The van der Waals surface area contributed by atoms with Gasteiger partial charge in [0.2, 0.25) is 0 Å². The second-order valence-electron chi connectivity index (χ2n) is 4.80. The lowest BCUT2D eigenvalue weighted by molar-refractivity contribution is 0.0174. The average Bonchev–Trinajstić information content (AvgIpc) is 2.64. The highest BCUT2D eigenvalue weighted by Crippen LogP contribution is 2.26. The van der Waals surface area contributed by atoms with Gasteiger partial charge in [0, 0.05) is 32.1 Å². The number of hydrogen-bond donors (Lipinski definition) is 2. The molecular formula is C14H19F2N3. The number of guanidine groups is 1. The Bertz CT molecular complexity index is 435. The fourth-order valence-electron chi connectivity index (χ4n) is 1.91. The molecule has 0 amide bonds. The van der Waals surface area contributed by atoms with Crippen LogP contribution in [-0.4, -0.2) is 19.0 Å². The van der Waals surface area contributed by atoms with Gasteiger partial charge >= 0.3 is 0 Å². The Morgan fingerprint density at radius 1 is 1.26 bits per heavy atom. The first-order valence-electron chi connectivity index (χ1n) is 6.55. The van der Waals surface area contributed by atoms with Crippen LogP contribution in [0, 0.1) is 0 Å². The fourth-order valence-corrected chi connectivity index (χ4v) is 1.91. The molecule has 1 aliphatic heterocycles. The number of alkyl halides is 2. The molecule has 19 heavy (non-hydrogen) atoms. The highest BCUT2D eigenvalue weighted by molar-refractivity contribution is 5.79. The van der Waals surface area contributed by atoms with E-state index in [1.807, 2.05) is 0 Å². The van der Waals surface area contributed by atoms with Gasteiger partial charge < -0.3 is 10.6 Å². The van der Waals surface area contributed by atoms with E-state index in [0.717, 1.165) is 44.4 Å². The molecule has 0 radical (unpaired) electrons. The third-order valence-corrected chi connectivity index (χ3v) is 3.07. The van der Waals surface area contributed by atoms with Crippen LogP contribution in [0.2, 0.25) is 0 Å². The van der Waals surface area contributed by atoms with E-state index in [9.17, 15) is 8.78 Å². The summed E-state index contributed by atoms with van der Waals surface area (Å²) in [6, 6.07) is 6.38. The van der Waals surface area contributed by atoms with E-state index in [2.05, 4.69) is 15.6 Å². The third-order valence-electron chi connectivity index (χ3n) is 3.07. The summed E-state index contributed by atoms with van der Waals surface area (Å²) in [5, 5.41) is 6.39. The fraction of sp³-hybridized carbons (Fsp3) is 0.500. The zero-order valence-electron chi connectivity index (χ0n) is 11.0. The van der Waals surface area contributed by atoms with Gasteiger partial charge in [0.15, 0.2) is 5.96 Å². The Hall–Kier alpha value is -1.65. The lowest BCUT2D eigenvalue weighted by atomic mass is 10.1. The first-order valence-corrected chi connectivity index (χ1v) is 6.55. The van der Waals surface area contributed by atoms with Crippen molar-refractivity contribution in [2.24, 2.45) is 4.99 Å². The van der Waals surface area contributed by atoms with Crippen LogP contribution in [-0.2, 0) is 12.5 Å². The maximum Gasteiger partial charge on any atom is 0.270 e. The summed E-state index contributed by atoms with van der Waals surface area (Å²) < 4.78 is 26.1. The molecule has 3 nitrogen and oxygen atoms in total. The SMILES string of the molecule is CC(F)(F)c1ccc(CNC2=NCCCCN2)cc1. The molecule has 0 unspecified atom stereocenters. The van der Waals surface area contributed by atoms with Crippen molar-refractivity contribution in [1.29, 1.82) is 0 Å². The molecule has 5 heteroatoms. The van der Waals surface area contributed by atoms with Crippen LogP contribution in [0.15, 0.2) is 29.3 Å². The summed E-state index contributed by atoms with van der Waals surface area (Å²) in [6.45, 7) is 3.25. The molecule has 0 saturated carbocycles. The maximum absolute atomic E-state index is 13.1. The quantitative estimate of drug-likeness (QED) is 0.883. The highest BCUT2D eigenvalue weighted by Gasteiger charge is 2.23. The molecule has 1 aromatic carbocycles. The molecule has 1 heterocycles. The monoisotopic (exact) mass is 267 g/mol. The third kappa shape index (κ3) is 4.19. The highest BCUT2D eigenvalue weighted by atomic mass is 19.3. The molecule has 0 bridgehead atoms. The van der Waals surface area contributed by atoms with Crippen molar-refractivity contribution in [3.8, 4) is 0 Å². The van der Waals surface area contributed by atoms with Crippen molar-refractivity contribution in [3.05, 3.63) is 35.4 Å². The number of benzene rings is 1. The standard InChI is InChI=1S/C14H19F2N3/c1-14(15,16)12-6-4-11(5-7-12)10-19-13-17-8-2-3-9-18-13/h4-7H,2-3,8-10H2,1H3,(H2,17,18,19). The van der Waals surface area contributed by atoms with Crippen LogP contribution < -0.4 is 10.6 Å². The number of rotatable bonds is 3. The second kappa shape index (κ2) is 5.99. The molecule has 1 aromatic rings. The van der Waals surface area contributed by atoms with Gasteiger partial charge in [0.25, 0.3) is 5.92 Å². The molecule has 0 aromatic heterocycles. The summed E-state index contributed by atoms with van der Waals surface area (Å²) in [5.74, 6) is -1.98. The Labute approximate surface area is 112 Å². The Morgan fingerprint density at radius 3 is 2.68 bits per heavy atom. The minimum atomic E-state index is -2.78. The van der Waals surface area contributed by atoms with Crippen LogP contribution in [0.1, 0.15) is 30.9 Å². The van der Waals surface area contributed by atoms with Crippen LogP contribution in [0.4, 0.5) is 8.78 Å². The van der Waals surface area contributed by atoms with Crippen LogP contribution in [0.3, 0.4) is 0 Å². The molecule has 2 rings (SSSR count). The molecular weight excluding hydrogens is 248 g/mol. The minimum Gasteiger partial charge on any atom is -0.356 e. The molecule has 0 saturated heterocycles. The van der Waals surface area contributed by atoms with Crippen molar-refractivity contribution in [2.75, 3.05) is 13.1 Å². The van der Waals surface area contributed by atoms with E-state index in [0.29, 0.717) is 6.54 Å². The van der Waals surface area contributed by atoms with Crippen molar-refractivity contribution in [1.82, 2.24) is 10.6 Å². The van der Waals surface area contributed by atoms with E-state index in [4.69, 9.17) is 0 Å². The Morgan fingerprint density at radius 2 is 2.00 bits per heavy atom. The van der Waals surface area contributed by atoms with Gasteiger partial charge in [-0.2, -0.15) is 0 Å². The van der Waals surface area contributed by atoms with E-state index in [1.54, 1.807) is 12.1 Å². The van der Waals surface area contributed by atoms with Crippen LogP contribution >= 0.6 is 0 Å². The molecule has 0 spiro atoms. The van der Waals surface area contributed by atoms with Gasteiger partial charge in [-0.05, 0) is 18.4 Å². The molecule has 1 aliphatic rings. The van der Waals surface area contributed by atoms with Gasteiger partial charge in [0.1, 0.15) is 0 Å². The normalized spacial score (nSPS) is 16.3. The van der Waals surface area contributed by atoms with Crippen LogP contribution in [0.5, 0.6) is 0 Å². The Balaban J connectivity index is 1.91. The number of nitrogens with one attached hydrogen (secondary N) is 2. The van der Waals surface area contributed by atoms with E-state index < -0.39 is 5.92 Å². The lowest BCUT2D eigenvalue weighted by Gasteiger charge is -2.12. The number of hydrogen-bond acceptors (Lipinski definition) is 3. The van der Waals surface area contributed by atoms with Crippen molar-refractivity contribution in [2.45, 2.75) is 32.2 Å². The van der Waals surface area contributed by atoms with Gasteiger partial charge in [-0.25, -0.2) is 8.78 Å². The lowest BCUT2D eigenvalue weighted by Crippen LogP contribution is -2.36. The average molecular weight is 267 g/mol. The minimum absolute atomic E-state index is 0.0428. The zero-order valence-corrected chi connectivity index (χ0v) is 11.0. The molecule has 0 aliphatic carbocycles. The molecule has 2 N–H and O–H groups in total. The summed E-state index contributed by atoms with van der Waals surface area (Å²) >= 11 is 0. The first kappa shape index (κ1) is 13.8. The maximum atomic E-state index is 13.1. The smallest absolute Gasteiger partial charge is 0.270 e. The number of nitrogens with zero attached hydrogens (tertiary/aromatic N) is 1. The van der Waals surface area contributed by atoms with E-state index in [-0.39, 0.29) is 5.56 Å². The van der Waals surface area contributed by atoms with Crippen molar-refractivity contribution >= 4 is 5.96 Å². The second-order valence-corrected chi connectivity index (χ2v) is 4.80. The van der Waals surface area contributed by atoms with Gasteiger partial charge in [0.05, 0.1) is 0 Å².